The fourth-order valence-corrected chi connectivity index (χ4v) is 8.08. The molecule has 2 aromatic carbocycles. The van der Waals surface area contributed by atoms with E-state index in [1.807, 2.05) is 78.9 Å². The normalized spacial score (nSPS) is 27.4. The molecule has 9 rings (SSSR count). The minimum absolute atomic E-state index is 0.0568. The Labute approximate surface area is 241 Å². The highest BCUT2D eigenvalue weighted by Gasteiger charge is 2.54. The van der Waals surface area contributed by atoms with Crippen LogP contribution in [0, 0.1) is 23.7 Å². The van der Waals surface area contributed by atoms with Crippen LogP contribution in [0.15, 0.2) is 124 Å². The van der Waals surface area contributed by atoms with Gasteiger partial charge in [0.1, 0.15) is 0 Å². The number of imide groups is 1. The van der Waals surface area contributed by atoms with Crippen molar-refractivity contribution in [3.05, 3.63) is 146 Å². The third-order valence-corrected chi connectivity index (χ3v) is 9.77. The number of para-hydroxylation sites is 2. The van der Waals surface area contributed by atoms with E-state index in [-0.39, 0.29) is 46.9 Å². The van der Waals surface area contributed by atoms with Crippen molar-refractivity contribution in [2.75, 3.05) is 4.90 Å². The number of carbonyl (C=O) groups excluding carboxylic acids is 2. The van der Waals surface area contributed by atoms with Crippen LogP contribution in [0.5, 0.6) is 5.88 Å². The fraction of sp³-hybridized carbons (Fsp3) is 0.139. The van der Waals surface area contributed by atoms with Crippen molar-refractivity contribution < 1.29 is 14.7 Å². The van der Waals surface area contributed by atoms with E-state index in [1.54, 1.807) is 12.1 Å². The van der Waals surface area contributed by atoms with E-state index >= 15 is 0 Å². The van der Waals surface area contributed by atoms with Gasteiger partial charge in [-0.2, -0.15) is 0 Å². The Balaban J connectivity index is 1.23. The molecule has 6 aliphatic rings. The summed E-state index contributed by atoms with van der Waals surface area (Å²) >= 11 is 0. The molecule has 1 aromatic heterocycles. The Kier molecular flexibility index (Phi) is 4.56. The molecule has 5 aliphatic carbocycles. The number of rotatable bonds is 2. The van der Waals surface area contributed by atoms with Crippen molar-refractivity contribution in [1.29, 1.82) is 0 Å². The molecule has 6 heteroatoms. The molecule has 6 nitrogen and oxygen atoms in total. The molecule has 202 valence electrons. The van der Waals surface area contributed by atoms with Gasteiger partial charge in [0.2, 0.25) is 11.8 Å². The Morgan fingerprint density at radius 2 is 1.31 bits per heavy atom. The van der Waals surface area contributed by atoms with Crippen LogP contribution >= 0.6 is 0 Å². The Morgan fingerprint density at radius 1 is 0.667 bits per heavy atom. The summed E-state index contributed by atoms with van der Waals surface area (Å²) in [6.07, 6.45) is 16.0. The molecule has 2 amide bonds. The molecule has 1 fully saturated rings. The number of fused-ring (bicyclic) bond motifs is 2. The molecule has 0 saturated carbocycles. The first-order chi connectivity index (χ1) is 20.5. The molecule has 3 aromatic rings. The molecule has 1 saturated heterocycles. The largest absolute Gasteiger partial charge is 0.494 e. The van der Waals surface area contributed by atoms with Crippen LogP contribution in [0.3, 0.4) is 0 Å². The van der Waals surface area contributed by atoms with Crippen molar-refractivity contribution in [3.8, 4) is 11.6 Å². The minimum Gasteiger partial charge on any atom is -0.494 e. The van der Waals surface area contributed by atoms with E-state index < -0.39 is 5.92 Å². The summed E-state index contributed by atoms with van der Waals surface area (Å²) in [6, 6.07) is 18.3. The highest BCUT2D eigenvalue weighted by Crippen LogP contribution is 2.60. The fourth-order valence-electron chi connectivity index (χ4n) is 8.08. The summed E-state index contributed by atoms with van der Waals surface area (Å²) in [7, 11) is 0. The molecule has 1 aliphatic heterocycles. The number of amides is 2. The summed E-state index contributed by atoms with van der Waals surface area (Å²) in [5, 5.41) is 11.4. The zero-order valence-corrected chi connectivity index (χ0v) is 22.3. The second-order valence-electron chi connectivity index (χ2n) is 11.6. The lowest BCUT2D eigenvalue weighted by atomic mass is 9.54. The van der Waals surface area contributed by atoms with Crippen LogP contribution in [-0.4, -0.2) is 21.5 Å². The van der Waals surface area contributed by atoms with Crippen molar-refractivity contribution in [3.63, 3.8) is 0 Å². The van der Waals surface area contributed by atoms with Crippen molar-refractivity contribution in [2.24, 2.45) is 23.7 Å². The smallest absolute Gasteiger partial charge is 0.265 e. The van der Waals surface area contributed by atoms with Crippen LogP contribution in [0.25, 0.3) is 17.8 Å². The average Bonchev–Trinajstić information content (AvgIpc) is 3.03. The van der Waals surface area contributed by atoms with Crippen LogP contribution in [-0.2, 0) is 9.59 Å². The monoisotopic (exact) mass is 548 g/mol. The Bertz CT molecular complexity index is 2020. The Morgan fingerprint density at radius 3 is 2.07 bits per heavy atom. The minimum atomic E-state index is -0.474. The number of hydrogen-bond donors (Lipinski definition) is 1. The summed E-state index contributed by atoms with van der Waals surface area (Å²) in [5.74, 6) is -1.55. The van der Waals surface area contributed by atoms with E-state index in [0.717, 1.165) is 22.3 Å². The number of allylic oxidation sites excluding steroid dienone is 8. The van der Waals surface area contributed by atoms with Crippen LogP contribution < -0.4 is 10.5 Å². The van der Waals surface area contributed by atoms with Crippen LogP contribution in [0.2, 0.25) is 0 Å². The first-order valence-corrected chi connectivity index (χ1v) is 14.3. The van der Waals surface area contributed by atoms with Gasteiger partial charge in [-0.15, -0.1) is 0 Å². The van der Waals surface area contributed by atoms with Crippen LogP contribution in [0.4, 0.5) is 5.69 Å². The number of hydrogen-bond acceptors (Lipinski definition) is 4. The first-order valence-electron chi connectivity index (χ1n) is 14.3. The predicted molar refractivity (Wildman–Crippen MR) is 160 cm³/mol. The molecular formula is C36H24N2O4. The number of pyridine rings is 1. The molecule has 5 atom stereocenters. The van der Waals surface area contributed by atoms with Gasteiger partial charge in [-0.05, 0) is 46.5 Å². The van der Waals surface area contributed by atoms with E-state index in [4.69, 9.17) is 0 Å². The quantitative estimate of drug-likeness (QED) is 0.431. The molecule has 1 N–H and O–H groups in total. The lowest BCUT2D eigenvalue weighted by Crippen LogP contribution is -2.53. The van der Waals surface area contributed by atoms with E-state index in [2.05, 4.69) is 18.2 Å². The Hall–Kier alpha value is -5.23. The molecule has 0 bridgehead atoms. The molecule has 42 heavy (non-hydrogen) atoms. The topological polar surface area (TPSA) is 79.6 Å². The van der Waals surface area contributed by atoms with Gasteiger partial charge in [-0.25, -0.2) is 9.47 Å². The number of aromatic hydroxyl groups is 1. The number of benzene rings is 2. The summed E-state index contributed by atoms with van der Waals surface area (Å²) in [5.41, 5.74) is 6.93. The van der Waals surface area contributed by atoms with E-state index in [9.17, 15) is 19.5 Å². The number of nitrogens with zero attached hydrogens (tertiary/aromatic N) is 2. The van der Waals surface area contributed by atoms with Gasteiger partial charge in [0.05, 0.1) is 17.3 Å². The third kappa shape index (κ3) is 2.81. The van der Waals surface area contributed by atoms with Gasteiger partial charge < -0.3 is 5.11 Å². The molecule has 5 unspecified atom stereocenters. The summed E-state index contributed by atoms with van der Waals surface area (Å²) in [4.78, 5) is 42.8. The highest BCUT2D eigenvalue weighted by atomic mass is 16.3. The van der Waals surface area contributed by atoms with Crippen molar-refractivity contribution >= 4 is 29.7 Å². The number of piperidine rings is 1. The van der Waals surface area contributed by atoms with Gasteiger partial charge in [0.25, 0.3) is 11.5 Å². The van der Waals surface area contributed by atoms with Gasteiger partial charge in [0, 0.05) is 40.4 Å². The van der Waals surface area contributed by atoms with Crippen LogP contribution in [0.1, 0.15) is 22.6 Å². The molecule has 0 spiro atoms. The zero-order valence-electron chi connectivity index (χ0n) is 22.3. The summed E-state index contributed by atoms with van der Waals surface area (Å²) < 4.78 is 1.38. The highest BCUT2D eigenvalue weighted by molar-refractivity contribution is 6.25. The van der Waals surface area contributed by atoms with Gasteiger partial charge in [-0.1, -0.05) is 85.0 Å². The van der Waals surface area contributed by atoms with E-state index in [0.29, 0.717) is 28.1 Å². The maximum Gasteiger partial charge on any atom is 0.265 e. The second-order valence-corrected chi connectivity index (χ2v) is 11.6. The summed E-state index contributed by atoms with van der Waals surface area (Å²) in [6.45, 7) is 0. The van der Waals surface area contributed by atoms with E-state index in [1.165, 1.54) is 9.47 Å². The molecule has 0 radical (unpaired) electrons. The number of anilines is 1. The number of carbonyl (C=O) groups is 2. The van der Waals surface area contributed by atoms with Crippen molar-refractivity contribution in [2.45, 2.75) is 5.92 Å². The molecule has 2 heterocycles. The zero-order chi connectivity index (χ0) is 28.3. The van der Waals surface area contributed by atoms with Gasteiger partial charge in [0.15, 0.2) is 0 Å². The lowest BCUT2D eigenvalue weighted by molar-refractivity contribution is -0.129. The second kappa shape index (κ2) is 8.17. The number of aromatic nitrogens is 1. The average molecular weight is 549 g/mol. The maximum atomic E-state index is 13.8. The third-order valence-electron chi connectivity index (χ3n) is 9.77. The maximum absolute atomic E-state index is 13.8. The van der Waals surface area contributed by atoms with Gasteiger partial charge in [-0.3, -0.25) is 14.4 Å². The SMILES string of the molecule is O=C1C2=CC=C3C4=C(C=CC(C(=O)N1c1ccccc1)C24)C1C=Cc2c4c(c(=O)n(-c5ccccc5)c2O)C=CC3C41. The first kappa shape index (κ1) is 23.5. The molecular weight excluding hydrogens is 524 g/mol. The van der Waals surface area contributed by atoms with Gasteiger partial charge >= 0.3 is 0 Å². The standard InChI is InChI=1S/C36H24N2O4/c39-33-25-15-11-21-23-13-17-27-32-28(36(42)38(35(27)41)20-9-5-2-6-10-20)18-14-24(30(23)32)22-12-16-26(31(25)29(21)22)34(40)37(33)19-7-3-1-4-8-19/h1-18,21-22,27,29,32,39H. The lowest BCUT2D eigenvalue weighted by Gasteiger charge is -2.50. The predicted octanol–water partition coefficient (Wildman–Crippen LogP) is 5.46. The van der Waals surface area contributed by atoms with Crippen molar-refractivity contribution in [1.82, 2.24) is 4.57 Å².